The van der Waals surface area contributed by atoms with Crippen molar-refractivity contribution in [2.45, 2.75) is 27.0 Å². The van der Waals surface area contributed by atoms with Crippen LogP contribution in [0.4, 0.5) is 0 Å². The smallest absolute Gasteiger partial charge is 0.105 e. The Morgan fingerprint density at radius 1 is 1.18 bits per heavy atom. The third-order valence-electron chi connectivity index (χ3n) is 2.55. The molecule has 4 N–H and O–H groups in total. The maximum absolute atomic E-state index is 9.03. The van der Waals surface area contributed by atoms with Crippen LogP contribution in [0.2, 0.25) is 0 Å². The first kappa shape index (κ1) is 10.9. The molecule has 0 bridgehead atoms. The summed E-state index contributed by atoms with van der Waals surface area (Å²) in [5.74, 6) is 0.486. The highest BCUT2D eigenvalue weighted by atomic mass is 16.3. The van der Waals surface area contributed by atoms with Crippen LogP contribution in [0, 0.1) is 17.8 Å². The number of rotatable bonds is 4. The maximum Gasteiger partial charge on any atom is 0.105 e. The number of aliphatic hydroxyl groups is 2. The topological polar surface area (TPSA) is 66.5 Å². The highest BCUT2D eigenvalue weighted by Gasteiger charge is 2.22. The summed E-state index contributed by atoms with van der Waals surface area (Å²) in [5.41, 5.74) is 5.30. The van der Waals surface area contributed by atoms with Gasteiger partial charge in [0.05, 0.1) is 0 Å². The van der Waals surface area contributed by atoms with E-state index in [4.69, 9.17) is 15.9 Å². The summed E-state index contributed by atoms with van der Waals surface area (Å²) >= 11 is 0. The van der Waals surface area contributed by atoms with Crippen molar-refractivity contribution in [3.8, 4) is 0 Å². The fourth-order valence-electron chi connectivity index (χ4n) is 0.995. The molecule has 0 amide bonds. The minimum absolute atomic E-state index is 0.0390. The summed E-state index contributed by atoms with van der Waals surface area (Å²) in [5, 5.41) is 17.8. The first-order valence-corrected chi connectivity index (χ1v) is 4.05. The van der Waals surface area contributed by atoms with Crippen LogP contribution in [0.5, 0.6) is 0 Å². The molecule has 0 aliphatic rings. The van der Waals surface area contributed by atoms with E-state index in [1.807, 2.05) is 20.8 Å². The van der Waals surface area contributed by atoms with Gasteiger partial charge in [-0.3, -0.25) is 0 Å². The van der Waals surface area contributed by atoms with Crippen molar-refractivity contribution in [3.05, 3.63) is 0 Å². The van der Waals surface area contributed by atoms with Crippen LogP contribution in [-0.4, -0.2) is 23.0 Å². The van der Waals surface area contributed by atoms with E-state index in [0.717, 1.165) is 0 Å². The van der Waals surface area contributed by atoms with E-state index < -0.39 is 6.23 Å². The van der Waals surface area contributed by atoms with Gasteiger partial charge < -0.3 is 15.9 Å². The average Bonchev–Trinajstić information content (AvgIpc) is 2.00. The summed E-state index contributed by atoms with van der Waals surface area (Å²) < 4.78 is 0. The Labute approximate surface area is 68.2 Å². The Hall–Kier alpha value is -0.120. The largest absolute Gasteiger partial charge is 0.396 e. The lowest BCUT2D eigenvalue weighted by Crippen LogP contribution is -2.34. The van der Waals surface area contributed by atoms with E-state index in [1.54, 1.807) is 0 Å². The van der Waals surface area contributed by atoms with Crippen LogP contribution in [-0.2, 0) is 0 Å². The molecule has 0 spiro atoms. The maximum atomic E-state index is 9.03. The first-order valence-electron chi connectivity index (χ1n) is 4.05. The molecule has 3 heteroatoms. The quantitative estimate of drug-likeness (QED) is 0.515. The van der Waals surface area contributed by atoms with Gasteiger partial charge in [-0.2, -0.15) is 0 Å². The monoisotopic (exact) mass is 161 g/mol. The molecule has 0 radical (unpaired) electrons. The number of nitrogens with two attached hydrogens (primary N) is 1. The zero-order valence-electron chi connectivity index (χ0n) is 7.49. The van der Waals surface area contributed by atoms with E-state index in [1.165, 1.54) is 0 Å². The zero-order valence-corrected chi connectivity index (χ0v) is 7.49. The second-order valence-corrected chi connectivity index (χ2v) is 3.37. The van der Waals surface area contributed by atoms with Crippen molar-refractivity contribution in [1.82, 2.24) is 0 Å². The molecule has 0 aliphatic carbocycles. The Morgan fingerprint density at radius 2 is 1.64 bits per heavy atom. The molecule has 0 fully saturated rings. The SMILES string of the molecule is CC(CO)C(C)C(C)C(N)O. The molecule has 0 saturated carbocycles. The molecule has 0 rings (SSSR count). The summed E-state index contributed by atoms with van der Waals surface area (Å²) in [6.07, 6.45) is -0.779. The van der Waals surface area contributed by atoms with Gasteiger partial charge in [-0.25, -0.2) is 0 Å². The summed E-state index contributed by atoms with van der Waals surface area (Å²) in [6, 6.07) is 0. The molecule has 0 aromatic rings. The van der Waals surface area contributed by atoms with Gasteiger partial charge >= 0.3 is 0 Å². The predicted molar refractivity (Wildman–Crippen MR) is 44.8 cm³/mol. The van der Waals surface area contributed by atoms with Crippen LogP contribution in [0.3, 0.4) is 0 Å². The summed E-state index contributed by atoms with van der Waals surface area (Å²) in [7, 11) is 0. The lowest BCUT2D eigenvalue weighted by atomic mass is 9.84. The molecule has 0 aromatic carbocycles. The van der Waals surface area contributed by atoms with Crippen molar-refractivity contribution in [3.63, 3.8) is 0 Å². The second-order valence-electron chi connectivity index (χ2n) is 3.37. The first-order chi connectivity index (χ1) is 5.00. The third-order valence-corrected chi connectivity index (χ3v) is 2.55. The minimum atomic E-state index is -0.779. The Kier molecular flexibility index (Phi) is 4.65. The average molecular weight is 161 g/mol. The van der Waals surface area contributed by atoms with Crippen LogP contribution >= 0.6 is 0 Å². The van der Waals surface area contributed by atoms with Crippen LogP contribution in [0.25, 0.3) is 0 Å². The third kappa shape index (κ3) is 3.18. The van der Waals surface area contributed by atoms with E-state index in [0.29, 0.717) is 0 Å². The summed E-state index contributed by atoms with van der Waals surface area (Å²) in [4.78, 5) is 0. The van der Waals surface area contributed by atoms with Gasteiger partial charge in [-0.1, -0.05) is 20.8 Å². The molecular formula is C8H19NO2. The van der Waals surface area contributed by atoms with Crippen LogP contribution in [0.15, 0.2) is 0 Å². The fourth-order valence-corrected chi connectivity index (χ4v) is 0.995. The Bertz CT molecular complexity index is 106. The highest BCUT2D eigenvalue weighted by molar-refractivity contribution is 4.70. The van der Waals surface area contributed by atoms with E-state index in [-0.39, 0.29) is 24.4 Å². The van der Waals surface area contributed by atoms with E-state index in [9.17, 15) is 0 Å². The molecule has 0 heterocycles. The van der Waals surface area contributed by atoms with E-state index >= 15 is 0 Å². The molecule has 0 saturated heterocycles. The molecule has 0 aromatic heterocycles. The predicted octanol–water partition coefficient (Wildman–Crippen LogP) is 0.164. The zero-order chi connectivity index (χ0) is 9.02. The van der Waals surface area contributed by atoms with Crippen molar-refractivity contribution in [2.75, 3.05) is 6.61 Å². The Morgan fingerprint density at radius 3 is 1.91 bits per heavy atom. The Balaban J connectivity index is 3.90. The number of hydrogen-bond donors (Lipinski definition) is 3. The van der Waals surface area contributed by atoms with Crippen molar-refractivity contribution in [1.29, 1.82) is 0 Å². The molecular weight excluding hydrogens is 142 g/mol. The molecule has 0 aliphatic heterocycles. The number of aliphatic hydroxyl groups excluding tert-OH is 2. The van der Waals surface area contributed by atoms with Gasteiger partial charge in [0.2, 0.25) is 0 Å². The van der Waals surface area contributed by atoms with Gasteiger partial charge in [0.15, 0.2) is 0 Å². The lowest BCUT2D eigenvalue weighted by molar-refractivity contribution is 0.0609. The van der Waals surface area contributed by atoms with Gasteiger partial charge in [-0.15, -0.1) is 0 Å². The van der Waals surface area contributed by atoms with Gasteiger partial charge in [0, 0.05) is 6.61 Å². The van der Waals surface area contributed by atoms with Crippen LogP contribution < -0.4 is 5.73 Å². The van der Waals surface area contributed by atoms with Crippen molar-refractivity contribution < 1.29 is 10.2 Å². The standard InChI is InChI=1S/C8H19NO2/c1-5(4-10)6(2)7(3)8(9)11/h5-8,10-11H,4,9H2,1-3H3. The molecule has 4 atom stereocenters. The van der Waals surface area contributed by atoms with Gasteiger partial charge in [-0.05, 0) is 17.8 Å². The number of hydrogen-bond acceptors (Lipinski definition) is 3. The lowest BCUT2D eigenvalue weighted by Gasteiger charge is -2.26. The van der Waals surface area contributed by atoms with Crippen molar-refractivity contribution >= 4 is 0 Å². The molecule has 3 nitrogen and oxygen atoms in total. The van der Waals surface area contributed by atoms with Gasteiger partial charge in [0.1, 0.15) is 6.23 Å². The van der Waals surface area contributed by atoms with E-state index in [2.05, 4.69) is 0 Å². The second kappa shape index (κ2) is 4.70. The fraction of sp³-hybridized carbons (Fsp3) is 1.00. The molecule has 11 heavy (non-hydrogen) atoms. The minimum Gasteiger partial charge on any atom is -0.396 e. The van der Waals surface area contributed by atoms with Gasteiger partial charge in [0.25, 0.3) is 0 Å². The molecule has 4 unspecified atom stereocenters. The highest BCUT2D eigenvalue weighted by Crippen LogP contribution is 2.21. The summed E-state index contributed by atoms with van der Waals surface area (Å²) in [6.45, 7) is 5.98. The normalized spacial score (nSPS) is 22.4. The molecule has 68 valence electrons. The van der Waals surface area contributed by atoms with Crippen LogP contribution in [0.1, 0.15) is 20.8 Å². The van der Waals surface area contributed by atoms with Crippen molar-refractivity contribution in [2.24, 2.45) is 23.5 Å².